The smallest absolute Gasteiger partial charge is 0.430 e. The van der Waals surface area contributed by atoms with Gasteiger partial charge in [0.1, 0.15) is 7.05 Å². The quantitative estimate of drug-likeness (QED) is 0.581. The highest BCUT2D eigenvalue weighted by atomic mass is 16.5. The van der Waals surface area contributed by atoms with E-state index in [2.05, 4.69) is 10.1 Å². The van der Waals surface area contributed by atoms with E-state index in [1.54, 1.807) is 11.8 Å². The predicted octanol–water partition coefficient (Wildman–Crippen LogP) is -0.195. The molecule has 0 unspecified atom stereocenters. The zero-order valence-electron chi connectivity index (χ0n) is 6.51. The van der Waals surface area contributed by atoms with Crippen molar-refractivity contribution in [2.75, 3.05) is 7.11 Å². The van der Waals surface area contributed by atoms with Crippen LogP contribution in [0.2, 0.25) is 0 Å². The van der Waals surface area contributed by atoms with Crippen molar-refractivity contribution in [2.45, 2.75) is 13.3 Å². The highest BCUT2D eigenvalue weighted by Gasteiger charge is 2.14. The molecule has 0 radical (unpaired) electrons. The van der Waals surface area contributed by atoms with Crippen LogP contribution in [0, 0.1) is 0 Å². The summed E-state index contributed by atoms with van der Waals surface area (Å²) in [5.74, 6) is 0.944. The Kier molecular flexibility index (Phi) is 1.89. The summed E-state index contributed by atoms with van der Waals surface area (Å²) in [5, 5.41) is 3.03. The molecule has 0 aliphatic carbocycles. The van der Waals surface area contributed by atoms with E-state index in [0.29, 0.717) is 6.01 Å². The van der Waals surface area contributed by atoms with Gasteiger partial charge in [0.2, 0.25) is 0 Å². The topological polar surface area (TPSA) is 41.8 Å². The van der Waals surface area contributed by atoms with Crippen LogP contribution in [-0.4, -0.2) is 17.2 Å². The van der Waals surface area contributed by atoms with Crippen LogP contribution >= 0.6 is 0 Å². The van der Waals surface area contributed by atoms with Gasteiger partial charge in [0.15, 0.2) is 0 Å². The Labute approximate surface area is 59.8 Å². The van der Waals surface area contributed by atoms with Crippen molar-refractivity contribution in [1.82, 2.24) is 10.1 Å². The molecule has 56 valence electrons. The van der Waals surface area contributed by atoms with Crippen molar-refractivity contribution in [1.29, 1.82) is 0 Å². The highest BCUT2D eigenvalue weighted by Crippen LogP contribution is 1.96. The lowest BCUT2D eigenvalue weighted by atomic mass is 10.5. The van der Waals surface area contributed by atoms with E-state index in [1.165, 1.54) is 0 Å². The number of nitrogens with one attached hydrogen (secondary N) is 1. The second-order valence-corrected chi connectivity index (χ2v) is 2.07. The van der Waals surface area contributed by atoms with Crippen molar-refractivity contribution >= 4 is 0 Å². The van der Waals surface area contributed by atoms with E-state index in [9.17, 15) is 0 Å². The molecular weight excluding hydrogens is 130 g/mol. The Morgan fingerprint density at radius 1 is 1.70 bits per heavy atom. The largest absolute Gasteiger partial charge is 0.519 e. The molecule has 1 heterocycles. The molecular formula is C6H12N3O+. The summed E-state index contributed by atoms with van der Waals surface area (Å²) >= 11 is 0. The van der Waals surface area contributed by atoms with Crippen LogP contribution in [0.1, 0.15) is 12.7 Å². The number of hydrogen-bond acceptors (Lipinski definition) is 2. The van der Waals surface area contributed by atoms with Gasteiger partial charge in [-0.15, -0.1) is 4.68 Å². The first-order valence-corrected chi connectivity index (χ1v) is 3.26. The number of rotatable bonds is 2. The van der Waals surface area contributed by atoms with Crippen LogP contribution in [0.5, 0.6) is 6.01 Å². The van der Waals surface area contributed by atoms with Gasteiger partial charge in [-0.05, 0) is 0 Å². The van der Waals surface area contributed by atoms with E-state index in [1.807, 2.05) is 14.0 Å². The third-order valence-corrected chi connectivity index (χ3v) is 1.33. The van der Waals surface area contributed by atoms with E-state index < -0.39 is 0 Å². The van der Waals surface area contributed by atoms with Crippen LogP contribution in [0.25, 0.3) is 0 Å². The Hall–Kier alpha value is -1.06. The Morgan fingerprint density at radius 2 is 2.40 bits per heavy atom. The minimum atomic E-state index is 0.622. The molecule has 0 saturated carbocycles. The number of aromatic nitrogens is 3. The van der Waals surface area contributed by atoms with Crippen LogP contribution in [-0.2, 0) is 13.5 Å². The molecule has 0 amide bonds. The van der Waals surface area contributed by atoms with Crippen molar-refractivity contribution in [2.24, 2.45) is 7.05 Å². The molecule has 0 atom stereocenters. The minimum absolute atomic E-state index is 0.622. The number of methoxy groups -OCH3 is 1. The molecule has 0 fully saturated rings. The number of nitrogens with zero attached hydrogens (tertiary/aromatic N) is 2. The maximum atomic E-state index is 4.95. The fourth-order valence-electron chi connectivity index (χ4n) is 0.798. The van der Waals surface area contributed by atoms with Gasteiger partial charge in [0, 0.05) is 11.4 Å². The second kappa shape index (κ2) is 2.68. The number of hydrogen-bond donors (Lipinski definition) is 1. The van der Waals surface area contributed by atoms with Gasteiger partial charge < -0.3 is 4.74 Å². The number of aryl methyl sites for hydroxylation is 2. The van der Waals surface area contributed by atoms with Crippen molar-refractivity contribution < 1.29 is 9.42 Å². The number of aromatic amines is 1. The third kappa shape index (κ3) is 1.10. The molecule has 0 aliphatic heterocycles. The standard InChI is InChI=1S/C6H11N3O/c1-4-5-7-6(10-3)9(2)8-5/h4H2,1-3H3/p+1. The average molecular weight is 142 g/mol. The molecule has 0 aromatic carbocycles. The Balaban J connectivity index is 2.92. The molecule has 4 heteroatoms. The van der Waals surface area contributed by atoms with E-state index in [-0.39, 0.29) is 0 Å². The predicted molar refractivity (Wildman–Crippen MR) is 35.7 cm³/mol. The molecule has 1 N–H and O–H groups in total. The fourth-order valence-corrected chi connectivity index (χ4v) is 0.798. The normalized spacial score (nSPS) is 9.90. The first kappa shape index (κ1) is 7.05. The van der Waals surface area contributed by atoms with Gasteiger partial charge in [-0.3, -0.25) is 0 Å². The molecule has 0 saturated heterocycles. The van der Waals surface area contributed by atoms with Gasteiger partial charge in [-0.2, -0.15) is 5.10 Å². The zero-order valence-corrected chi connectivity index (χ0v) is 6.51. The summed E-state index contributed by atoms with van der Waals surface area (Å²) in [6.45, 7) is 2.04. The van der Waals surface area contributed by atoms with Crippen molar-refractivity contribution in [3.8, 4) is 6.01 Å². The van der Waals surface area contributed by atoms with Crippen molar-refractivity contribution in [3.05, 3.63) is 5.82 Å². The van der Waals surface area contributed by atoms with Crippen LogP contribution < -0.4 is 9.42 Å². The summed E-state index contributed by atoms with van der Waals surface area (Å²) < 4.78 is 6.70. The van der Waals surface area contributed by atoms with Gasteiger partial charge in [0.25, 0.3) is 5.82 Å². The first-order valence-electron chi connectivity index (χ1n) is 3.26. The van der Waals surface area contributed by atoms with E-state index >= 15 is 0 Å². The minimum Gasteiger partial charge on any atom is -0.430 e. The maximum Gasteiger partial charge on any atom is 0.519 e. The van der Waals surface area contributed by atoms with Gasteiger partial charge in [0.05, 0.1) is 7.11 Å². The lowest BCUT2D eigenvalue weighted by molar-refractivity contribution is -0.732. The molecule has 4 nitrogen and oxygen atoms in total. The Morgan fingerprint density at radius 3 is 2.70 bits per heavy atom. The molecule has 10 heavy (non-hydrogen) atoms. The summed E-state index contributed by atoms with van der Waals surface area (Å²) in [5.41, 5.74) is 0. The molecule has 0 spiro atoms. The molecule has 0 aliphatic rings. The summed E-state index contributed by atoms with van der Waals surface area (Å²) in [4.78, 5) is 4.13. The van der Waals surface area contributed by atoms with Gasteiger partial charge >= 0.3 is 6.01 Å². The monoisotopic (exact) mass is 142 g/mol. The molecule has 0 bridgehead atoms. The van der Waals surface area contributed by atoms with E-state index in [0.717, 1.165) is 12.2 Å². The average Bonchev–Trinajstić information content (AvgIpc) is 2.30. The molecule has 1 aromatic rings. The van der Waals surface area contributed by atoms with Gasteiger partial charge in [-0.1, -0.05) is 6.92 Å². The van der Waals surface area contributed by atoms with Crippen LogP contribution in [0.15, 0.2) is 0 Å². The third-order valence-electron chi connectivity index (χ3n) is 1.33. The van der Waals surface area contributed by atoms with Crippen LogP contribution in [0.4, 0.5) is 0 Å². The number of ether oxygens (including phenoxy) is 1. The number of H-pyrrole nitrogens is 1. The van der Waals surface area contributed by atoms with Gasteiger partial charge in [-0.25, -0.2) is 0 Å². The van der Waals surface area contributed by atoms with E-state index in [4.69, 9.17) is 4.74 Å². The fraction of sp³-hybridized carbons (Fsp3) is 0.667. The maximum absolute atomic E-state index is 4.95. The van der Waals surface area contributed by atoms with Crippen LogP contribution in [0.3, 0.4) is 0 Å². The van der Waals surface area contributed by atoms with Crippen molar-refractivity contribution in [3.63, 3.8) is 0 Å². The molecule has 1 aromatic heterocycles. The lowest BCUT2D eigenvalue weighted by Crippen LogP contribution is -2.31. The summed E-state index contributed by atoms with van der Waals surface area (Å²) in [7, 11) is 3.47. The summed E-state index contributed by atoms with van der Waals surface area (Å²) in [6.07, 6.45) is 0.900. The SMILES string of the molecule is CCc1nc(OC)[n+](C)[nH]1. The molecule has 1 rings (SSSR count). The highest BCUT2D eigenvalue weighted by molar-refractivity contribution is 4.86. The zero-order chi connectivity index (χ0) is 7.56. The first-order chi connectivity index (χ1) is 4.77. The lowest BCUT2D eigenvalue weighted by Gasteiger charge is -1.83. The Bertz CT molecular complexity index is 219. The second-order valence-electron chi connectivity index (χ2n) is 2.07. The summed E-state index contributed by atoms with van der Waals surface area (Å²) in [6, 6.07) is 0.622.